The van der Waals surface area contributed by atoms with Gasteiger partial charge in [0.2, 0.25) is 0 Å². The van der Waals surface area contributed by atoms with E-state index in [2.05, 4.69) is 43.4 Å². The van der Waals surface area contributed by atoms with E-state index < -0.39 is 0 Å². The predicted octanol–water partition coefficient (Wildman–Crippen LogP) is 2.02. The van der Waals surface area contributed by atoms with Crippen LogP contribution >= 0.6 is 11.8 Å². The third-order valence-corrected chi connectivity index (χ3v) is 3.60. The van der Waals surface area contributed by atoms with Crippen molar-refractivity contribution in [2.75, 3.05) is 13.2 Å². The van der Waals surface area contributed by atoms with E-state index in [1.54, 1.807) is 0 Å². The minimum absolute atomic E-state index is 0.0280. The normalized spacial score (nSPS) is 12.9. The van der Waals surface area contributed by atoms with Gasteiger partial charge in [-0.15, -0.1) is 11.8 Å². The first kappa shape index (κ1) is 15.5. The molecule has 0 heterocycles. The number of thioether (sulfide) groups is 1. The summed E-state index contributed by atoms with van der Waals surface area (Å²) in [6, 6.07) is 8.43. The van der Waals surface area contributed by atoms with Crippen molar-refractivity contribution < 1.29 is 10.2 Å². The van der Waals surface area contributed by atoms with E-state index in [9.17, 15) is 0 Å². The largest absolute Gasteiger partial charge is 0.396 e. The highest BCUT2D eigenvalue weighted by Gasteiger charge is 2.05. The smallest absolute Gasteiger partial charge is 0.0585 e. The molecule has 1 aromatic rings. The Kier molecular flexibility index (Phi) is 7.35. The van der Waals surface area contributed by atoms with Gasteiger partial charge in [0.25, 0.3) is 0 Å². The van der Waals surface area contributed by atoms with Crippen LogP contribution in [-0.4, -0.2) is 34.7 Å². The molecule has 1 aromatic carbocycles. The molecule has 1 atom stereocenters. The lowest BCUT2D eigenvalue weighted by Gasteiger charge is -2.15. The molecule has 0 aliphatic rings. The van der Waals surface area contributed by atoms with Crippen LogP contribution in [0.2, 0.25) is 0 Å². The maximum absolute atomic E-state index is 9.10. The van der Waals surface area contributed by atoms with Crippen LogP contribution in [0.1, 0.15) is 25.8 Å². The van der Waals surface area contributed by atoms with Gasteiger partial charge in [-0.3, -0.25) is 0 Å². The Morgan fingerprint density at radius 2 is 1.83 bits per heavy atom. The summed E-state index contributed by atoms with van der Waals surface area (Å²) in [4.78, 5) is 1.28. The van der Waals surface area contributed by atoms with Gasteiger partial charge < -0.3 is 15.5 Å². The first-order chi connectivity index (χ1) is 8.65. The monoisotopic (exact) mass is 269 g/mol. The zero-order valence-corrected chi connectivity index (χ0v) is 11.9. The van der Waals surface area contributed by atoms with E-state index in [0.717, 1.165) is 6.54 Å². The fourth-order valence-electron chi connectivity index (χ4n) is 1.63. The molecule has 4 heteroatoms. The van der Waals surface area contributed by atoms with E-state index in [-0.39, 0.29) is 19.3 Å². The summed E-state index contributed by atoms with van der Waals surface area (Å²) in [6.07, 6.45) is 0.581. The number of hydrogen-bond acceptors (Lipinski definition) is 4. The van der Waals surface area contributed by atoms with Crippen LogP contribution in [-0.2, 0) is 6.54 Å². The Hall–Kier alpha value is -0.550. The molecule has 0 saturated carbocycles. The molecule has 0 spiro atoms. The molecule has 1 rings (SSSR count). The van der Waals surface area contributed by atoms with Gasteiger partial charge in [0.15, 0.2) is 0 Å². The number of aliphatic hydroxyl groups excluding tert-OH is 2. The minimum Gasteiger partial charge on any atom is -0.396 e. The number of hydrogen-bond donors (Lipinski definition) is 3. The average molecular weight is 269 g/mol. The summed E-state index contributed by atoms with van der Waals surface area (Å²) in [5.74, 6) is 0. The van der Waals surface area contributed by atoms with Crippen LogP contribution in [0.5, 0.6) is 0 Å². The molecule has 1 unspecified atom stereocenters. The Morgan fingerprint density at radius 3 is 2.33 bits per heavy atom. The Bertz CT molecular complexity index is 327. The zero-order valence-electron chi connectivity index (χ0n) is 11.1. The molecule has 0 fully saturated rings. The molecular weight excluding hydrogens is 246 g/mol. The van der Waals surface area contributed by atoms with Gasteiger partial charge in [-0.2, -0.15) is 0 Å². The first-order valence-corrected chi connectivity index (χ1v) is 7.24. The molecule has 0 saturated heterocycles. The standard InChI is InChI=1S/C14H23NO2S/c1-11(2)18-14-5-3-12(4-6-14)9-15-13(10-17)7-8-16/h3-6,11,13,15-17H,7-10H2,1-2H3. The SMILES string of the molecule is CC(C)Sc1ccc(CNC(CO)CCO)cc1. The maximum atomic E-state index is 9.10. The van der Waals surface area contributed by atoms with Gasteiger partial charge in [-0.05, 0) is 24.1 Å². The van der Waals surface area contributed by atoms with Crippen LogP contribution in [0.4, 0.5) is 0 Å². The van der Waals surface area contributed by atoms with Crippen molar-refractivity contribution in [2.45, 2.75) is 43.0 Å². The molecule has 0 radical (unpaired) electrons. The Balaban J connectivity index is 2.43. The molecular formula is C14H23NO2S. The highest BCUT2D eigenvalue weighted by Crippen LogP contribution is 2.22. The van der Waals surface area contributed by atoms with Gasteiger partial charge in [-0.1, -0.05) is 26.0 Å². The third kappa shape index (κ3) is 5.87. The summed E-state index contributed by atoms with van der Waals surface area (Å²) >= 11 is 1.85. The van der Waals surface area contributed by atoms with E-state index in [0.29, 0.717) is 11.7 Å². The second-order valence-electron chi connectivity index (χ2n) is 4.58. The van der Waals surface area contributed by atoms with E-state index in [4.69, 9.17) is 10.2 Å². The number of benzene rings is 1. The van der Waals surface area contributed by atoms with E-state index in [1.165, 1.54) is 10.5 Å². The average Bonchev–Trinajstić information content (AvgIpc) is 2.35. The maximum Gasteiger partial charge on any atom is 0.0585 e. The quantitative estimate of drug-likeness (QED) is 0.632. The molecule has 0 aliphatic carbocycles. The van der Waals surface area contributed by atoms with Crippen LogP contribution in [0.25, 0.3) is 0 Å². The lowest BCUT2D eigenvalue weighted by Crippen LogP contribution is -2.32. The molecule has 0 aliphatic heterocycles. The summed E-state index contributed by atoms with van der Waals surface area (Å²) in [5, 5.41) is 21.8. The van der Waals surface area contributed by atoms with Gasteiger partial charge in [-0.25, -0.2) is 0 Å². The van der Waals surface area contributed by atoms with E-state index in [1.807, 2.05) is 11.8 Å². The summed E-state index contributed by atoms with van der Waals surface area (Å²) in [5.41, 5.74) is 1.19. The van der Waals surface area contributed by atoms with Crippen LogP contribution < -0.4 is 5.32 Å². The lowest BCUT2D eigenvalue weighted by atomic mass is 10.2. The minimum atomic E-state index is -0.0280. The van der Waals surface area contributed by atoms with Crippen molar-refractivity contribution in [3.8, 4) is 0 Å². The highest BCUT2D eigenvalue weighted by atomic mass is 32.2. The predicted molar refractivity (Wildman–Crippen MR) is 76.9 cm³/mol. The third-order valence-electron chi connectivity index (χ3n) is 2.59. The van der Waals surface area contributed by atoms with Gasteiger partial charge in [0, 0.05) is 29.3 Å². The van der Waals surface area contributed by atoms with Crippen molar-refractivity contribution in [3.05, 3.63) is 29.8 Å². The molecule has 102 valence electrons. The van der Waals surface area contributed by atoms with E-state index >= 15 is 0 Å². The Morgan fingerprint density at radius 1 is 1.17 bits per heavy atom. The highest BCUT2D eigenvalue weighted by molar-refractivity contribution is 7.99. The molecule has 3 nitrogen and oxygen atoms in total. The van der Waals surface area contributed by atoms with Crippen LogP contribution in [0, 0.1) is 0 Å². The topological polar surface area (TPSA) is 52.5 Å². The van der Waals surface area contributed by atoms with Gasteiger partial charge >= 0.3 is 0 Å². The second kappa shape index (κ2) is 8.53. The molecule has 0 amide bonds. The Labute approximate surface area is 114 Å². The van der Waals surface area contributed by atoms with Crippen molar-refractivity contribution in [2.24, 2.45) is 0 Å². The lowest BCUT2D eigenvalue weighted by molar-refractivity contribution is 0.200. The number of nitrogens with one attached hydrogen (secondary N) is 1. The zero-order chi connectivity index (χ0) is 13.4. The molecule has 0 bridgehead atoms. The molecule has 3 N–H and O–H groups in total. The van der Waals surface area contributed by atoms with Gasteiger partial charge in [0.1, 0.15) is 0 Å². The molecule has 18 heavy (non-hydrogen) atoms. The van der Waals surface area contributed by atoms with Crippen molar-refractivity contribution in [1.82, 2.24) is 5.32 Å². The number of aliphatic hydroxyl groups is 2. The van der Waals surface area contributed by atoms with Crippen molar-refractivity contribution >= 4 is 11.8 Å². The second-order valence-corrected chi connectivity index (χ2v) is 6.23. The fourth-order valence-corrected chi connectivity index (χ4v) is 2.47. The fraction of sp³-hybridized carbons (Fsp3) is 0.571. The van der Waals surface area contributed by atoms with Crippen LogP contribution in [0.15, 0.2) is 29.2 Å². The van der Waals surface area contributed by atoms with Gasteiger partial charge in [0.05, 0.1) is 6.61 Å². The molecule has 0 aromatic heterocycles. The summed E-state index contributed by atoms with van der Waals surface area (Å²) < 4.78 is 0. The first-order valence-electron chi connectivity index (χ1n) is 6.36. The summed E-state index contributed by atoms with van der Waals surface area (Å²) in [6.45, 7) is 5.24. The van der Waals surface area contributed by atoms with Crippen molar-refractivity contribution in [3.63, 3.8) is 0 Å². The van der Waals surface area contributed by atoms with Crippen molar-refractivity contribution in [1.29, 1.82) is 0 Å². The number of rotatable bonds is 8. The van der Waals surface area contributed by atoms with Crippen LogP contribution in [0.3, 0.4) is 0 Å². The summed E-state index contributed by atoms with van der Waals surface area (Å²) in [7, 11) is 0.